The van der Waals surface area contributed by atoms with Crippen molar-refractivity contribution in [1.82, 2.24) is 0 Å². The molecule has 2 aromatic carbocycles. The highest BCUT2D eigenvalue weighted by atomic mass is 79.9. The van der Waals surface area contributed by atoms with E-state index in [0.717, 1.165) is 0 Å². The molecular weight excluding hydrogens is 343 g/mol. The average Bonchev–Trinajstić information content (AvgIpc) is 2.46. The van der Waals surface area contributed by atoms with Gasteiger partial charge in [0.1, 0.15) is 12.4 Å². The number of carbonyl (C=O) groups is 1. The second kappa shape index (κ2) is 6.58. The molecule has 0 atom stereocenters. The van der Waals surface area contributed by atoms with Crippen LogP contribution in [0.15, 0.2) is 40.9 Å². The largest absolute Gasteiger partial charge is 0.496 e. The van der Waals surface area contributed by atoms with E-state index in [1.807, 2.05) is 0 Å². The van der Waals surface area contributed by atoms with Gasteiger partial charge in [0.25, 0.3) is 0 Å². The van der Waals surface area contributed by atoms with Crippen molar-refractivity contribution < 1.29 is 23.8 Å². The van der Waals surface area contributed by atoms with Crippen LogP contribution in [0.4, 0.5) is 4.39 Å². The third-order valence-corrected chi connectivity index (χ3v) is 3.30. The number of ether oxygens (including phenoxy) is 2. The number of hydrogen-bond donors (Lipinski definition) is 1. The standard InChI is InChI=1S/C15H12BrFO4/c1-20-13-4-2-9(15(18)19)6-10(13)8-21-14-5-3-11(16)7-12(14)17/h2-7H,8H2,1H3,(H,18,19). The molecular formula is C15H12BrFO4. The van der Waals surface area contributed by atoms with Gasteiger partial charge in [-0.3, -0.25) is 0 Å². The summed E-state index contributed by atoms with van der Waals surface area (Å²) in [5, 5.41) is 8.99. The number of carboxylic acid groups (broad SMARTS) is 1. The number of methoxy groups -OCH3 is 1. The number of rotatable bonds is 5. The lowest BCUT2D eigenvalue weighted by molar-refractivity contribution is 0.0696. The van der Waals surface area contributed by atoms with Crippen LogP contribution in [0.3, 0.4) is 0 Å². The van der Waals surface area contributed by atoms with Crippen LogP contribution in [0.1, 0.15) is 15.9 Å². The molecule has 110 valence electrons. The molecule has 0 aromatic heterocycles. The summed E-state index contributed by atoms with van der Waals surface area (Å²) >= 11 is 3.16. The summed E-state index contributed by atoms with van der Waals surface area (Å²) in [6, 6.07) is 8.86. The Hall–Kier alpha value is -2.08. The molecule has 0 saturated carbocycles. The van der Waals surface area contributed by atoms with Crippen molar-refractivity contribution in [2.45, 2.75) is 6.61 Å². The van der Waals surface area contributed by atoms with E-state index in [4.69, 9.17) is 14.6 Å². The first-order chi connectivity index (χ1) is 10.0. The molecule has 0 amide bonds. The van der Waals surface area contributed by atoms with Crippen LogP contribution >= 0.6 is 15.9 Å². The summed E-state index contributed by atoms with van der Waals surface area (Å²) < 4.78 is 24.8. The maximum atomic E-state index is 13.7. The maximum absolute atomic E-state index is 13.7. The zero-order chi connectivity index (χ0) is 15.4. The minimum Gasteiger partial charge on any atom is -0.496 e. The van der Waals surface area contributed by atoms with Crippen LogP contribution in [-0.2, 0) is 6.61 Å². The monoisotopic (exact) mass is 354 g/mol. The van der Waals surface area contributed by atoms with Gasteiger partial charge < -0.3 is 14.6 Å². The van der Waals surface area contributed by atoms with Crippen LogP contribution in [0.5, 0.6) is 11.5 Å². The van der Waals surface area contributed by atoms with Crippen LogP contribution in [0.25, 0.3) is 0 Å². The van der Waals surface area contributed by atoms with Gasteiger partial charge in [0, 0.05) is 10.0 Å². The molecule has 2 aromatic rings. The summed E-state index contributed by atoms with van der Waals surface area (Å²) in [6.07, 6.45) is 0. The molecule has 0 unspecified atom stereocenters. The second-order valence-corrected chi connectivity index (χ2v) is 5.11. The highest BCUT2D eigenvalue weighted by Crippen LogP contribution is 2.25. The van der Waals surface area contributed by atoms with Gasteiger partial charge in [0.05, 0.1) is 12.7 Å². The molecule has 0 aliphatic heterocycles. The molecule has 0 saturated heterocycles. The topological polar surface area (TPSA) is 55.8 Å². The lowest BCUT2D eigenvalue weighted by atomic mass is 10.1. The third kappa shape index (κ3) is 3.72. The molecule has 0 aliphatic carbocycles. The fourth-order valence-corrected chi connectivity index (χ4v) is 2.11. The van der Waals surface area contributed by atoms with Crippen molar-refractivity contribution in [3.63, 3.8) is 0 Å². The van der Waals surface area contributed by atoms with Crippen molar-refractivity contribution in [2.24, 2.45) is 0 Å². The van der Waals surface area contributed by atoms with E-state index < -0.39 is 11.8 Å². The predicted molar refractivity (Wildman–Crippen MR) is 78.4 cm³/mol. The SMILES string of the molecule is COc1ccc(C(=O)O)cc1COc1ccc(Br)cc1F. The van der Waals surface area contributed by atoms with Gasteiger partial charge in [-0.2, -0.15) is 0 Å². The number of carboxylic acids is 1. The first kappa shape index (κ1) is 15.3. The van der Waals surface area contributed by atoms with Gasteiger partial charge in [0.2, 0.25) is 0 Å². The third-order valence-electron chi connectivity index (χ3n) is 2.80. The zero-order valence-electron chi connectivity index (χ0n) is 11.1. The van der Waals surface area contributed by atoms with E-state index in [1.165, 1.54) is 31.4 Å². The molecule has 0 bridgehead atoms. The summed E-state index contributed by atoms with van der Waals surface area (Å²) in [6.45, 7) is 0.00282. The quantitative estimate of drug-likeness (QED) is 0.885. The van der Waals surface area contributed by atoms with Gasteiger partial charge >= 0.3 is 5.97 Å². The average molecular weight is 355 g/mol. The maximum Gasteiger partial charge on any atom is 0.335 e. The van der Waals surface area contributed by atoms with Gasteiger partial charge in [0.15, 0.2) is 11.6 Å². The normalized spacial score (nSPS) is 10.2. The molecule has 4 nitrogen and oxygen atoms in total. The van der Waals surface area contributed by atoms with Gasteiger partial charge in [-0.25, -0.2) is 9.18 Å². The van der Waals surface area contributed by atoms with Crippen molar-refractivity contribution in [3.05, 3.63) is 57.8 Å². The Bertz CT molecular complexity index is 673. The van der Waals surface area contributed by atoms with Crippen molar-refractivity contribution in [3.8, 4) is 11.5 Å². The van der Waals surface area contributed by atoms with Gasteiger partial charge in [-0.05, 0) is 36.4 Å². The lowest BCUT2D eigenvalue weighted by Crippen LogP contribution is -2.03. The van der Waals surface area contributed by atoms with E-state index in [1.54, 1.807) is 12.1 Å². The number of aromatic carboxylic acids is 1. The summed E-state index contributed by atoms with van der Waals surface area (Å²) in [5.41, 5.74) is 0.644. The fourth-order valence-electron chi connectivity index (χ4n) is 1.77. The highest BCUT2D eigenvalue weighted by molar-refractivity contribution is 9.10. The van der Waals surface area contributed by atoms with Crippen LogP contribution in [-0.4, -0.2) is 18.2 Å². The minimum absolute atomic E-state index is 0.00282. The van der Waals surface area contributed by atoms with Crippen LogP contribution in [0, 0.1) is 5.82 Å². The van der Waals surface area contributed by atoms with E-state index in [-0.39, 0.29) is 17.9 Å². The first-order valence-corrected chi connectivity index (χ1v) is 6.78. The number of hydrogen-bond acceptors (Lipinski definition) is 3. The second-order valence-electron chi connectivity index (χ2n) is 4.20. The Morgan fingerprint density at radius 1 is 1.24 bits per heavy atom. The lowest BCUT2D eigenvalue weighted by Gasteiger charge is -2.11. The summed E-state index contributed by atoms with van der Waals surface area (Å²) in [5.74, 6) is -0.982. The molecule has 0 spiro atoms. The predicted octanol–water partition coefficient (Wildman–Crippen LogP) is 3.87. The Morgan fingerprint density at radius 2 is 1.95 bits per heavy atom. The highest BCUT2D eigenvalue weighted by Gasteiger charge is 2.11. The van der Waals surface area contributed by atoms with Crippen LogP contribution in [0.2, 0.25) is 0 Å². The van der Waals surface area contributed by atoms with Gasteiger partial charge in [-0.1, -0.05) is 15.9 Å². The first-order valence-electron chi connectivity index (χ1n) is 5.99. The Morgan fingerprint density at radius 3 is 2.57 bits per heavy atom. The summed E-state index contributed by atoms with van der Waals surface area (Å²) in [4.78, 5) is 11.0. The number of halogens is 2. The molecule has 21 heavy (non-hydrogen) atoms. The van der Waals surface area contributed by atoms with Crippen molar-refractivity contribution >= 4 is 21.9 Å². The Kier molecular flexibility index (Phi) is 4.80. The minimum atomic E-state index is -1.05. The van der Waals surface area contributed by atoms with Crippen molar-refractivity contribution in [1.29, 1.82) is 0 Å². The van der Waals surface area contributed by atoms with Crippen LogP contribution < -0.4 is 9.47 Å². The van der Waals surface area contributed by atoms with E-state index in [9.17, 15) is 9.18 Å². The van der Waals surface area contributed by atoms with E-state index >= 15 is 0 Å². The molecule has 2 rings (SSSR count). The van der Waals surface area contributed by atoms with E-state index in [0.29, 0.717) is 15.8 Å². The molecule has 0 fully saturated rings. The smallest absolute Gasteiger partial charge is 0.335 e. The summed E-state index contributed by atoms with van der Waals surface area (Å²) in [7, 11) is 1.47. The molecule has 1 N–H and O–H groups in total. The number of benzene rings is 2. The molecule has 0 heterocycles. The molecule has 6 heteroatoms. The molecule has 0 radical (unpaired) electrons. The molecule has 0 aliphatic rings. The zero-order valence-corrected chi connectivity index (χ0v) is 12.7. The van der Waals surface area contributed by atoms with E-state index in [2.05, 4.69) is 15.9 Å². The fraction of sp³-hybridized carbons (Fsp3) is 0.133. The van der Waals surface area contributed by atoms with Gasteiger partial charge in [-0.15, -0.1) is 0 Å². The van der Waals surface area contributed by atoms with Crippen molar-refractivity contribution in [2.75, 3.05) is 7.11 Å². The Labute approximate surface area is 129 Å². The Balaban J connectivity index is 2.22.